The Morgan fingerprint density at radius 1 is 1.56 bits per heavy atom. The van der Waals surface area contributed by atoms with Gasteiger partial charge in [0.25, 0.3) is 5.69 Å². The Morgan fingerprint density at radius 3 is 2.75 bits per heavy atom. The van der Waals surface area contributed by atoms with Crippen LogP contribution in [0.5, 0.6) is 0 Å². The van der Waals surface area contributed by atoms with E-state index in [9.17, 15) is 10.1 Å². The Kier molecular flexibility index (Phi) is 4.22. The first kappa shape index (κ1) is 12.4. The van der Waals surface area contributed by atoms with E-state index >= 15 is 0 Å². The lowest BCUT2D eigenvalue weighted by Crippen LogP contribution is -2.20. The molecule has 0 saturated heterocycles. The molecule has 0 aromatic carbocycles. The quantitative estimate of drug-likeness (QED) is 0.568. The van der Waals surface area contributed by atoms with E-state index in [2.05, 4.69) is 11.9 Å². The Bertz CT molecular complexity index is 379. The zero-order valence-electron chi connectivity index (χ0n) is 9.93. The molecule has 0 amide bonds. The molecular formula is C11H17N3O2. The summed E-state index contributed by atoms with van der Waals surface area (Å²) in [6, 6.07) is 1.56. The first-order valence-electron chi connectivity index (χ1n) is 5.38. The third-order valence-electron chi connectivity index (χ3n) is 2.46. The van der Waals surface area contributed by atoms with Crippen molar-refractivity contribution in [3.8, 4) is 0 Å². The third-order valence-corrected chi connectivity index (χ3v) is 2.46. The number of aryl methyl sites for hydroxylation is 1. The van der Waals surface area contributed by atoms with Gasteiger partial charge < -0.3 is 4.90 Å². The zero-order valence-corrected chi connectivity index (χ0v) is 9.93. The molecule has 0 spiro atoms. The number of hydrogen-bond donors (Lipinski definition) is 0. The number of rotatable bonds is 5. The average Bonchev–Trinajstić information content (AvgIpc) is 2.25. The molecule has 16 heavy (non-hydrogen) atoms. The molecule has 0 saturated carbocycles. The lowest BCUT2D eigenvalue weighted by Gasteiger charge is -2.19. The second-order valence-corrected chi connectivity index (χ2v) is 3.87. The van der Waals surface area contributed by atoms with E-state index in [0.29, 0.717) is 0 Å². The fraction of sp³-hybridized carbons (Fsp3) is 0.545. The van der Waals surface area contributed by atoms with E-state index in [0.717, 1.165) is 30.8 Å². The van der Waals surface area contributed by atoms with Gasteiger partial charge in [-0.15, -0.1) is 0 Å². The fourth-order valence-corrected chi connectivity index (χ4v) is 1.55. The lowest BCUT2D eigenvalue weighted by atomic mass is 10.2. The summed E-state index contributed by atoms with van der Waals surface area (Å²) in [5, 5.41) is 10.6. The summed E-state index contributed by atoms with van der Waals surface area (Å²) in [6.07, 6.45) is 3.52. The van der Waals surface area contributed by atoms with Gasteiger partial charge in [-0.2, -0.15) is 0 Å². The number of unbranched alkanes of at least 4 members (excludes halogenated alkanes) is 1. The number of hydrogen-bond acceptors (Lipinski definition) is 4. The van der Waals surface area contributed by atoms with Gasteiger partial charge >= 0.3 is 0 Å². The minimum Gasteiger partial charge on any atom is -0.359 e. The second kappa shape index (κ2) is 5.44. The van der Waals surface area contributed by atoms with Crippen molar-refractivity contribution in [3.05, 3.63) is 27.9 Å². The summed E-state index contributed by atoms with van der Waals surface area (Å²) < 4.78 is 0. The molecule has 1 aromatic heterocycles. The van der Waals surface area contributed by atoms with Crippen LogP contribution in [0.1, 0.15) is 25.3 Å². The van der Waals surface area contributed by atoms with Crippen LogP contribution < -0.4 is 4.90 Å². The molecule has 0 fully saturated rings. The first-order valence-corrected chi connectivity index (χ1v) is 5.38. The summed E-state index contributed by atoms with van der Waals surface area (Å²) in [4.78, 5) is 16.3. The largest absolute Gasteiger partial charge is 0.359 e. The predicted molar refractivity (Wildman–Crippen MR) is 63.8 cm³/mol. The van der Waals surface area contributed by atoms with E-state index in [1.165, 1.54) is 6.20 Å². The van der Waals surface area contributed by atoms with Crippen LogP contribution in [0.4, 0.5) is 11.5 Å². The lowest BCUT2D eigenvalue weighted by molar-refractivity contribution is -0.385. The van der Waals surface area contributed by atoms with Gasteiger partial charge in [-0.1, -0.05) is 13.3 Å². The fourth-order valence-electron chi connectivity index (χ4n) is 1.55. The average molecular weight is 223 g/mol. The Morgan fingerprint density at radius 2 is 2.25 bits per heavy atom. The summed E-state index contributed by atoms with van der Waals surface area (Å²) in [7, 11) is 1.96. The van der Waals surface area contributed by atoms with Crippen molar-refractivity contribution in [2.45, 2.75) is 26.7 Å². The number of nitro groups is 1. The molecular weight excluding hydrogens is 206 g/mol. The summed E-state index contributed by atoms with van der Waals surface area (Å²) >= 11 is 0. The van der Waals surface area contributed by atoms with E-state index in [1.807, 2.05) is 18.9 Å². The van der Waals surface area contributed by atoms with Gasteiger partial charge in [0.2, 0.25) is 0 Å². The Labute approximate surface area is 95.3 Å². The van der Waals surface area contributed by atoms with Crippen molar-refractivity contribution in [1.29, 1.82) is 0 Å². The molecule has 5 heteroatoms. The van der Waals surface area contributed by atoms with Gasteiger partial charge in [0.1, 0.15) is 12.0 Å². The van der Waals surface area contributed by atoms with E-state index in [1.54, 1.807) is 6.07 Å². The summed E-state index contributed by atoms with van der Waals surface area (Å²) in [6.45, 7) is 4.89. The van der Waals surface area contributed by atoms with Crippen LogP contribution in [0.2, 0.25) is 0 Å². The molecule has 1 heterocycles. The van der Waals surface area contributed by atoms with E-state index < -0.39 is 4.92 Å². The van der Waals surface area contributed by atoms with Crippen LogP contribution in [0.25, 0.3) is 0 Å². The third kappa shape index (κ3) is 2.92. The second-order valence-electron chi connectivity index (χ2n) is 3.87. The maximum absolute atomic E-state index is 10.6. The monoisotopic (exact) mass is 223 g/mol. The molecule has 0 aliphatic carbocycles. The van der Waals surface area contributed by atoms with Crippen molar-refractivity contribution < 1.29 is 4.92 Å². The van der Waals surface area contributed by atoms with Gasteiger partial charge in [-0.25, -0.2) is 4.98 Å². The van der Waals surface area contributed by atoms with Gasteiger partial charge in [0.05, 0.1) is 4.92 Å². The number of pyridine rings is 1. The molecule has 0 aliphatic rings. The van der Waals surface area contributed by atoms with Crippen molar-refractivity contribution in [2.24, 2.45) is 0 Å². The SMILES string of the molecule is CCCCN(C)c1ncc([N+](=O)[O-])cc1C. The van der Waals surface area contributed by atoms with Crippen LogP contribution in [0, 0.1) is 17.0 Å². The smallest absolute Gasteiger partial charge is 0.287 e. The molecule has 0 atom stereocenters. The number of nitrogens with zero attached hydrogens (tertiary/aromatic N) is 3. The molecule has 5 nitrogen and oxygen atoms in total. The van der Waals surface area contributed by atoms with Crippen LogP contribution in [-0.2, 0) is 0 Å². The standard InChI is InChI=1S/C11H17N3O2/c1-4-5-6-13(3)11-9(2)7-10(8-12-11)14(15)16/h7-8H,4-6H2,1-3H3. The highest BCUT2D eigenvalue weighted by atomic mass is 16.6. The Balaban J connectivity index is 2.85. The van der Waals surface area contributed by atoms with Gasteiger partial charge in [-0.05, 0) is 18.9 Å². The number of aromatic nitrogens is 1. The van der Waals surface area contributed by atoms with Crippen LogP contribution in [0.15, 0.2) is 12.3 Å². The summed E-state index contributed by atoms with van der Waals surface area (Å²) in [5.41, 5.74) is 0.887. The van der Waals surface area contributed by atoms with Crippen LogP contribution >= 0.6 is 0 Å². The topological polar surface area (TPSA) is 59.3 Å². The van der Waals surface area contributed by atoms with Gasteiger partial charge in [0, 0.05) is 19.7 Å². The number of anilines is 1. The van der Waals surface area contributed by atoms with Crippen LogP contribution in [-0.4, -0.2) is 23.5 Å². The van der Waals surface area contributed by atoms with E-state index in [4.69, 9.17) is 0 Å². The normalized spacial score (nSPS) is 10.2. The van der Waals surface area contributed by atoms with E-state index in [-0.39, 0.29) is 5.69 Å². The molecule has 1 aromatic rings. The molecule has 1 rings (SSSR count). The maximum Gasteiger partial charge on any atom is 0.287 e. The van der Waals surface area contributed by atoms with Crippen molar-refractivity contribution in [3.63, 3.8) is 0 Å². The van der Waals surface area contributed by atoms with Gasteiger partial charge in [0.15, 0.2) is 0 Å². The minimum absolute atomic E-state index is 0.0464. The highest BCUT2D eigenvalue weighted by molar-refractivity contribution is 5.49. The highest BCUT2D eigenvalue weighted by Crippen LogP contribution is 2.20. The minimum atomic E-state index is -0.421. The van der Waals surface area contributed by atoms with Crippen LogP contribution in [0.3, 0.4) is 0 Å². The molecule has 0 aliphatic heterocycles. The molecule has 0 unspecified atom stereocenters. The molecule has 0 N–H and O–H groups in total. The first-order chi connectivity index (χ1) is 7.56. The van der Waals surface area contributed by atoms with Gasteiger partial charge in [-0.3, -0.25) is 10.1 Å². The maximum atomic E-state index is 10.6. The zero-order chi connectivity index (χ0) is 12.1. The Hall–Kier alpha value is -1.65. The molecule has 0 bridgehead atoms. The summed E-state index contributed by atoms with van der Waals surface area (Å²) in [5.74, 6) is 0.819. The van der Waals surface area contributed by atoms with Crippen molar-refractivity contribution >= 4 is 11.5 Å². The highest BCUT2D eigenvalue weighted by Gasteiger charge is 2.11. The van der Waals surface area contributed by atoms with Crippen molar-refractivity contribution in [2.75, 3.05) is 18.5 Å². The predicted octanol–water partition coefficient (Wildman–Crippen LogP) is 2.53. The molecule has 88 valence electrons. The molecule has 0 radical (unpaired) electrons. The van der Waals surface area contributed by atoms with Crippen molar-refractivity contribution in [1.82, 2.24) is 4.98 Å².